The van der Waals surface area contributed by atoms with Gasteiger partial charge < -0.3 is 4.57 Å². The molecule has 8 nitrogen and oxygen atoms in total. The lowest BCUT2D eigenvalue weighted by atomic mass is 10.2. The van der Waals surface area contributed by atoms with Crippen LogP contribution in [0.4, 0.5) is 0 Å². The zero-order valence-electron chi connectivity index (χ0n) is 16.9. The SMILES string of the molecule is CCCCn1c(SCn2nnc3ccccc3c2=O)nnc1[C@@H](CC)N(C)C. The lowest BCUT2D eigenvalue weighted by Gasteiger charge is -2.23. The average Bonchev–Trinajstić information content (AvgIpc) is 3.08. The molecule has 0 aliphatic carbocycles. The number of aromatic nitrogens is 6. The Bertz CT molecular complexity index is 982. The van der Waals surface area contributed by atoms with Crippen LogP contribution in [0.1, 0.15) is 45.0 Å². The third-order valence-electron chi connectivity index (χ3n) is 4.73. The minimum atomic E-state index is -0.141. The smallest absolute Gasteiger partial charge is 0.278 e. The predicted octanol–water partition coefficient (Wildman–Crippen LogP) is 2.95. The van der Waals surface area contributed by atoms with E-state index in [2.05, 4.69) is 57.9 Å². The Kier molecular flexibility index (Phi) is 6.79. The van der Waals surface area contributed by atoms with E-state index in [1.807, 2.05) is 12.1 Å². The molecule has 150 valence electrons. The fraction of sp³-hybridized carbons (Fsp3) is 0.526. The number of hydrogen-bond acceptors (Lipinski definition) is 7. The largest absolute Gasteiger partial charge is 0.305 e. The minimum absolute atomic E-state index is 0.141. The summed E-state index contributed by atoms with van der Waals surface area (Å²) in [6.45, 7) is 5.19. The fourth-order valence-electron chi connectivity index (χ4n) is 3.19. The van der Waals surface area contributed by atoms with Crippen molar-refractivity contribution in [3.8, 4) is 0 Å². The van der Waals surface area contributed by atoms with E-state index in [0.29, 0.717) is 16.8 Å². The summed E-state index contributed by atoms with van der Waals surface area (Å²) in [5.74, 6) is 1.32. The molecule has 0 aliphatic rings. The second-order valence-corrected chi connectivity index (χ2v) is 7.83. The number of nitrogens with zero attached hydrogens (tertiary/aromatic N) is 7. The summed E-state index contributed by atoms with van der Waals surface area (Å²) in [5, 5.41) is 18.5. The molecule has 28 heavy (non-hydrogen) atoms. The summed E-state index contributed by atoms with van der Waals surface area (Å²) in [4.78, 5) is 14.8. The van der Waals surface area contributed by atoms with Gasteiger partial charge in [-0.25, -0.2) is 0 Å². The van der Waals surface area contributed by atoms with E-state index in [4.69, 9.17) is 0 Å². The topological polar surface area (TPSA) is 81.7 Å². The van der Waals surface area contributed by atoms with Gasteiger partial charge in [-0.1, -0.05) is 49.4 Å². The first kappa shape index (κ1) is 20.5. The molecular weight excluding hydrogens is 374 g/mol. The van der Waals surface area contributed by atoms with Crippen LogP contribution in [-0.2, 0) is 12.4 Å². The van der Waals surface area contributed by atoms with Gasteiger partial charge in [0.05, 0.1) is 17.3 Å². The molecule has 0 bridgehead atoms. The molecule has 0 spiro atoms. The van der Waals surface area contributed by atoms with Crippen LogP contribution in [-0.4, -0.2) is 48.8 Å². The number of unbranched alkanes of at least 4 members (excludes halogenated alkanes) is 1. The molecule has 0 fully saturated rings. The molecule has 0 N–H and O–H groups in total. The molecule has 1 atom stereocenters. The molecule has 0 aliphatic heterocycles. The van der Waals surface area contributed by atoms with Crippen LogP contribution in [0.2, 0.25) is 0 Å². The van der Waals surface area contributed by atoms with Crippen molar-refractivity contribution in [3.05, 3.63) is 40.4 Å². The van der Waals surface area contributed by atoms with E-state index in [1.165, 1.54) is 16.4 Å². The van der Waals surface area contributed by atoms with E-state index < -0.39 is 0 Å². The third-order valence-corrected chi connectivity index (χ3v) is 5.67. The first-order valence-corrected chi connectivity index (χ1v) is 10.6. The molecule has 3 rings (SSSR count). The Morgan fingerprint density at radius 2 is 1.93 bits per heavy atom. The van der Waals surface area contributed by atoms with Crippen LogP contribution in [0, 0.1) is 0 Å². The Morgan fingerprint density at radius 3 is 2.64 bits per heavy atom. The maximum Gasteiger partial charge on any atom is 0.278 e. The second kappa shape index (κ2) is 9.29. The van der Waals surface area contributed by atoms with E-state index in [0.717, 1.165) is 36.8 Å². The standard InChI is InChI=1S/C19H27N7OS/c1-5-7-12-25-17(16(6-2)24(3)4)21-22-19(25)28-13-26-18(27)14-10-8-9-11-15(14)20-23-26/h8-11,16H,5-7,12-13H2,1-4H3/t16-/m1/s1. The molecule has 0 saturated carbocycles. The highest BCUT2D eigenvalue weighted by molar-refractivity contribution is 7.98. The van der Waals surface area contributed by atoms with Crippen molar-refractivity contribution >= 4 is 22.7 Å². The number of thioether (sulfide) groups is 1. The highest BCUT2D eigenvalue weighted by atomic mass is 32.2. The number of benzene rings is 1. The number of rotatable bonds is 9. The first-order chi connectivity index (χ1) is 13.6. The Morgan fingerprint density at radius 1 is 1.14 bits per heavy atom. The molecule has 1 aromatic carbocycles. The lowest BCUT2D eigenvalue weighted by molar-refractivity contribution is 0.270. The molecule has 0 radical (unpaired) electrons. The van der Waals surface area contributed by atoms with Gasteiger partial charge in [-0.15, -0.1) is 15.3 Å². The molecule has 2 heterocycles. The summed E-state index contributed by atoms with van der Waals surface area (Å²) in [6.07, 6.45) is 3.10. The maximum absolute atomic E-state index is 12.7. The minimum Gasteiger partial charge on any atom is -0.305 e. The quantitative estimate of drug-likeness (QED) is 0.510. The van der Waals surface area contributed by atoms with Crippen molar-refractivity contribution in [1.82, 2.24) is 34.7 Å². The van der Waals surface area contributed by atoms with Gasteiger partial charge in [0, 0.05) is 6.54 Å². The van der Waals surface area contributed by atoms with Crippen molar-refractivity contribution in [2.45, 2.75) is 56.7 Å². The van der Waals surface area contributed by atoms with Crippen molar-refractivity contribution in [2.24, 2.45) is 0 Å². The van der Waals surface area contributed by atoms with Gasteiger partial charge in [0.2, 0.25) is 0 Å². The molecule has 0 saturated heterocycles. The second-order valence-electron chi connectivity index (χ2n) is 6.92. The van der Waals surface area contributed by atoms with E-state index >= 15 is 0 Å². The van der Waals surface area contributed by atoms with Crippen LogP contribution in [0.5, 0.6) is 0 Å². The summed E-state index contributed by atoms with van der Waals surface area (Å²) in [7, 11) is 4.12. The molecule has 0 amide bonds. The Labute approximate surface area is 168 Å². The van der Waals surface area contributed by atoms with Gasteiger partial charge in [0.1, 0.15) is 5.52 Å². The number of hydrogen-bond donors (Lipinski definition) is 0. The average molecular weight is 402 g/mol. The van der Waals surface area contributed by atoms with E-state index in [9.17, 15) is 4.79 Å². The Balaban J connectivity index is 1.87. The van der Waals surface area contributed by atoms with Crippen molar-refractivity contribution < 1.29 is 0 Å². The van der Waals surface area contributed by atoms with Gasteiger partial charge in [-0.05, 0) is 39.1 Å². The normalized spacial score (nSPS) is 12.8. The molecule has 2 aromatic heterocycles. The van der Waals surface area contributed by atoms with Gasteiger partial charge in [-0.2, -0.15) is 4.68 Å². The van der Waals surface area contributed by atoms with Crippen LogP contribution >= 0.6 is 11.8 Å². The maximum atomic E-state index is 12.7. The summed E-state index contributed by atoms with van der Waals surface area (Å²) in [5.41, 5.74) is 0.469. The van der Waals surface area contributed by atoms with Crippen LogP contribution in [0.15, 0.2) is 34.2 Å². The van der Waals surface area contributed by atoms with E-state index in [-0.39, 0.29) is 11.6 Å². The van der Waals surface area contributed by atoms with Crippen molar-refractivity contribution in [1.29, 1.82) is 0 Å². The zero-order valence-corrected chi connectivity index (χ0v) is 17.7. The fourth-order valence-corrected chi connectivity index (χ4v) is 4.03. The van der Waals surface area contributed by atoms with Gasteiger partial charge >= 0.3 is 0 Å². The van der Waals surface area contributed by atoms with E-state index in [1.54, 1.807) is 12.1 Å². The monoisotopic (exact) mass is 401 g/mol. The first-order valence-electron chi connectivity index (χ1n) is 9.61. The van der Waals surface area contributed by atoms with Crippen molar-refractivity contribution in [2.75, 3.05) is 14.1 Å². The van der Waals surface area contributed by atoms with Crippen molar-refractivity contribution in [3.63, 3.8) is 0 Å². The van der Waals surface area contributed by atoms with Crippen LogP contribution in [0.25, 0.3) is 10.9 Å². The number of fused-ring (bicyclic) bond motifs is 1. The molecule has 0 unspecified atom stereocenters. The highest BCUT2D eigenvalue weighted by Gasteiger charge is 2.22. The van der Waals surface area contributed by atoms with Crippen LogP contribution in [0.3, 0.4) is 0 Å². The summed E-state index contributed by atoms with van der Waals surface area (Å²) < 4.78 is 3.57. The molecular formula is C19H27N7OS. The van der Waals surface area contributed by atoms with Gasteiger partial charge in [-0.3, -0.25) is 9.69 Å². The summed E-state index contributed by atoms with van der Waals surface area (Å²) in [6, 6.07) is 7.46. The summed E-state index contributed by atoms with van der Waals surface area (Å²) >= 11 is 1.47. The van der Waals surface area contributed by atoms with Gasteiger partial charge in [0.15, 0.2) is 11.0 Å². The predicted molar refractivity (Wildman–Crippen MR) is 111 cm³/mol. The lowest BCUT2D eigenvalue weighted by Crippen LogP contribution is -2.24. The molecule has 3 aromatic rings. The van der Waals surface area contributed by atoms with Crippen LogP contribution < -0.4 is 5.56 Å². The highest BCUT2D eigenvalue weighted by Crippen LogP contribution is 2.26. The third kappa shape index (κ3) is 4.25. The van der Waals surface area contributed by atoms with Gasteiger partial charge in [0.25, 0.3) is 5.56 Å². The molecule has 9 heteroatoms. The Hall–Kier alpha value is -2.26. The zero-order chi connectivity index (χ0) is 20.1.